The second kappa shape index (κ2) is 9.07. The minimum atomic E-state index is 0.220. The van der Waals surface area contributed by atoms with Gasteiger partial charge in [-0.2, -0.15) is 0 Å². The number of ether oxygens (including phenoxy) is 2. The molecule has 0 saturated carbocycles. The lowest BCUT2D eigenvalue weighted by molar-refractivity contribution is 0.172. The largest absolute Gasteiger partial charge is 0.493 e. The van der Waals surface area contributed by atoms with Crippen molar-refractivity contribution in [1.82, 2.24) is 4.90 Å². The highest BCUT2D eigenvalue weighted by molar-refractivity contribution is 5.83. The molecule has 0 bridgehead atoms. The molecule has 1 atom stereocenters. The Morgan fingerprint density at radius 3 is 2.52 bits per heavy atom. The molecule has 0 radical (unpaired) electrons. The van der Waals surface area contributed by atoms with E-state index >= 15 is 0 Å². The van der Waals surface area contributed by atoms with Gasteiger partial charge in [0.05, 0.1) is 20.8 Å². The molecule has 1 heterocycles. The predicted octanol–water partition coefficient (Wildman–Crippen LogP) is 4.01. The van der Waals surface area contributed by atoms with Crippen molar-refractivity contribution in [2.45, 2.75) is 25.8 Å². The first-order valence-electron chi connectivity index (χ1n) is 9.49. The fraction of sp³-hybridized carbons (Fsp3) is 0.391. The SMILES string of the molecule is COc1ccc(/C=C(/CN2CCC[C@H]2CO)c2ccc(C)cc2)cc1OC. The zero-order valence-corrected chi connectivity index (χ0v) is 16.4. The molecule has 0 amide bonds. The summed E-state index contributed by atoms with van der Waals surface area (Å²) in [6.45, 7) is 4.17. The van der Waals surface area contributed by atoms with Gasteiger partial charge in [0.1, 0.15) is 0 Å². The third kappa shape index (κ3) is 4.71. The van der Waals surface area contributed by atoms with Gasteiger partial charge in [-0.05, 0) is 61.2 Å². The van der Waals surface area contributed by atoms with Crippen LogP contribution in [0.15, 0.2) is 42.5 Å². The monoisotopic (exact) mass is 367 g/mol. The highest BCUT2D eigenvalue weighted by Gasteiger charge is 2.24. The lowest BCUT2D eigenvalue weighted by Crippen LogP contribution is -2.33. The van der Waals surface area contributed by atoms with E-state index in [0.29, 0.717) is 0 Å². The van der Waals surface area contributed by atoms with Crippen molar-refractivity contribution < 1.29 is 14.6 Å². The van der Waals surface area contributed by atoms with E-state index in [-0.39, 0.29) is 12.6 Å². The lowest BCUT2D eigenvalue weighted by Gasteiger charge is -2.24. The van der Waals surface area contributed by atoms with Gasteiger partial charge in [0.2, 0.25) is 0 Å². The molecule has 2 aromatic carbocycles. The third-order valence-electron chi connectivity index (χ3n) is 5.25. The van der Waals surface area contributed by atoms with Crippen molar-refractivity contribution in [3.63, 3.8) is 0 Å². The standard InChI is InChI=1S/C23H29NO3/c1-17-6-9-19(10-7-17)20(15-24-12-4-5-21(24)16-25)13-18-8-11-22(26-2)23(14-18)27-3/h6-11,13-14,21,25H,4-5,12,15-16H2,1-3H3/b20-13-/t21-/m0/s1. The zero-order chi connectivity index (χ0) is 19.2. The molecule has 4 nitrogen and oxygen atoms in total. The minimum Gasteiger partial charge on any atom is -0.493 e. The summed E-state index contributed by atoms with van der Waals surface area (Å²) in [5, 5.41) is 9.68. The molecule has 1 N–H and O–H groups in total. The van der Waals surface area contributed by atoms with Crippen LogP contribution in [-0.2, 0) is 0 Å². The Kier molecular flexibility index (Phi) is 6.54. The van der Waals surface area contributed by atoms with Gasteiger partial charge in [-0.1, -0.05) is 35.9 Å². The van der Waals surface area contributed by atoms with Crippen LogP contribution in [0.4, 0.5) is 0 Å². The summed E-state index contributed by atoms with van der Waals surface area (Å²) in [6.07, 6.45) is 4.41. The Labute approximate surface area is 162 Å². The fourth-order valence-electron chi connectivity index (χ4n) is 3.66. The molecule has 4 heteroatoms. The smallest absolute Gasteiger partial charge is 0.161 e. The number of nitrogens with zero attached hydrogens (tertiary/aromatic N) is 1. The van der Waals surface area contributed by atoms with Gasteiger partial charge in [-0.25, -0.2) is 0 Å². The normalized spacial score (nSPS) is 17.9. The molecule has 1 aliphatic heterocycles. The maximum Gasteiger partial charge on any atom is 0.161 e. The van der Waals surface area contributed by atoms with E-state index in [1.165, 1.54) is 16.7 Å². The molecule has 1 saturated heterocycles. The van der Waals surface area contributed by atoms with Crippen LogP contribution < -0.4 is 9.47 Å². The maximum absolute atomic E-state index is 9.68. The van der Waals surface area contributed by atoms with E-state index in [2.05, 4.69) is 42.2 Å². The second-order valence-corrected chi connectivity index (χ2v) is 7.10. The quantitative estimate of drug-likeness (QED) is 0.751. The van der Waals surface area contributed by atoms with Gasteiger partial charge in [-0.3, -0.25) is 4.90 Å². The Balaban J connectivity index is 1.95. The van der Waals surface area contributed by atoms with Crippen LogP contribution >= 0.6 is 0 Å². The number of aliphatic hydroxyl groups excluding tert-OH is 1. The van der Waals surface area contributed by atoms with E-state index < -0.39 is 0 Å². The fourth-order valence-corrected chi connectivity index (χ4v) is 3.66. The number of hydrogen-bond acceptors (Lipinski definition) is 4. The van der Waals surface area contributed by atoms with E-state index in [1.807, 2.05) is 18.2 Å². The zero-order valence-electron chi connectivity index (χ0n) is 16.4. The van der Waals surface area contributed by atoms with Crippen LogP contribution in [0.3, 0.4) is 0 Å². The predicted molar refractivity (Wildman–Crippen MR) is 110 cm³/mol. The van der Waals surface area contributed by atoms with Gasteiger partial charge in [-0.15, -0.1) is 0 Å². The summed E-state index contributed by atoms with van der Waals surface area (Å²) in [4.78, 5) is 2.38. The molecule has 0 aliphatic carbocycles. The minimum absolute atomic E-state index is 0.220. The number of aryl methyl sites for hydroxylation is 1. The van der Waals surface area contributed by atoms with Crippen molar-refractivity contribution in [3.8, 4) is 11.5 Å². The molecule has 1 fully saturated rings. The van der Waals surface area contributed by atoms with Gasteiger partial charge in [0.15, 0.2) is 11.5 Å². The van der Waals surface area contributed by atoms with Gasteiger partial charge in [0, 0.05) is 12.6 Å². The van der Waals surface area contributed by atoms with Crippen molar-refractivity contribution in [2.24, 2.45) is 0 Å². The topological polar surface area (TPSA) is 41.9 Å². The first kappa shape index (κ1) is 19.5. The number of hydrogen-bond donors (Lipinski definition) is 1. The summed E-state index contributed by atoms with van der Waals surface area (Å²) < 4.78 is 10.8. The Morgan fingerprint density at radius 1 is 1.11 bits per heavy atom. The number of likely N-dealkylation sites (tertiary alicyclic amines) is 1. The van der Waals surface area contributed by atoms with Crippen LogP contribution in [0.25, 0.3) is 11.6 Å². The highest BCUT2D eigenvalue weighted by atomic mass is 16.5. The average Bonchev–Trinajstić information content (AvgIpc) is 3.15. The molecule has 0 unspecified atom stereocenters. The maximum atomic E-state index is 9.68. The van der Waals surface area contributed by atoms with Gasteiger partial charge < -0.3 is 14.6 Å². The van der Waals surface area contributed by atoms with Crippen LogP contribution in [0.5, 0.6) is 11.5 Å². The molecule has 1 aliphatic rings. The number of methoxy groups -OCH3 is 2. The van der Waals surface area contributed by atoms with Gasteiger partial charge in [0.25, 0.3) is 0 Å². The van der Waals surface area contributed by atoms with Crippen LogP contribution in [-0.4, -0.2) is 50.0 Å². The van der Waals surface area contributed by atoms with Crippen LogP contribution in [0, 0.1) is 6.92 Å². The van der Waals surface area contributed by atoms with Gasteiger partial charge >= 0.3 is 0 Å². The van der Waals surface area contributed by atoms with Crippen molar-refractivity contribution in [2.75, 3.05) is 33.9 Å². The average molecular weight is 367 g/mol. The molecule has 144 valence electrons. The Morgan fingerprint density at radius 2 is 1.85 bits per heavy atom. The molecule has 0 spiro atoms. The van der Waals surface area contributed by atoms with E-state index in [9.17, 15) is 5.11 Å². The van der Waals surface area contributed by atoms with Crippen molar-refractivity contribution in [3.05, 3.63) is 59.2 Å². The number of benzene rings is 2. The van der Waals surface area contributed by atoms with E-state index in [0.717, 1.165) is 43.0 Å². The first-order valence-corrected chi connectivity index (χ1v) is 9.49. The molecule has 3 rings (SSSR count). The van der Waals surface area contributed by atoms with Crippen molar-refractivity contribution in [1.29, 1.82) is 0 Å². The molecular formula is C23H29NO3. The Hall–Kier alpha value is -2.30. The van der Waals surface area contributed by atoms with Crippen molar-refractivity contribution >= 4 is 11.6 Å². The third-order valence-corrected chi connectivity index (χ3v) is 5.25. The Bertz CT molecular complexity index is 783. The summed E-state index contributed by atoms with van der Waals surface area (Å²) >= 11 is 0. The summed E-state index contributed by atoms with van der Waals surface area (Å²) in [6, 6.07) is 14.9. The molecule has 2 aromatic rings. The first-order chi connectivity index (χ1) is 13.1. The number of aliphatic hydroxyl groups is 1. The summed E-state index contributed by atoms with van der Waals surface area (Å²) in [7, 11) is 3.30. The number of rotatable bonds is 7. The van der Waals surface area contributed by atoms with Crippen LogP contribution in [0.1, 0.15) is 29.5 Å². The summed E-state index contributed by atoms with van der Waals surface area (Å²) in [5.41, 5.74) is 4.77. The lowest BCUT2D eigenvalue weighted by atomic mass is 10.0. The molecule has 27 heavy (non-hydrogen) atoms. The molecule has 0 aromatic heterocycles. The molecular weight excluding hydrogens is 338 g/mol. The second-order valence-electron chi connectivity index (χ2n) is 7.10. The summed E-state index contributed by atoms with van der Waals surface area (Å²) in [5.74, 6) is 1.45. The van der Waals surface area contributed by atoms with E-state index in [4.69, 9.17) is 9.47 Å². The van der Waals surface area contributed by atoms with E-state index in [1.54, 1.807) is 14.2 Å². The van der Waals surface area contributed by atoms with Crippen LogP contribution in [0.2, 0.25) is 0 Å². The highest BCUT2D eigenvalue weighted by Crippen LogP contribution is 2.30.